The molecule has 0 aromatic carbocycles. The standard InChI is InChI=1S/C13H27N3S/c1-13(2,12(14)17)7-10-16-8-5-11(6-9-16)15(3)4/h11H,5-10H2,1-4H3,(H2,14,17). The number of hydrogen-bond donors (Lipinski definition) is 1. The number of nitrogens with two attached hydrogens (primary N) is 1. The van der Waals surface area contributed by atoms with Crippen LogP contribution in [0.15, 0.2) is 0 Å². The fourth-order valence-corrected chi connectivity index (χ4v) is 2.32. The molecule has 0 aromatic heterocycles. The Bertz CT molecular complexity index is 255. The van der Waals surface area contributed by atoms with Crippen LogP contribution in [-0.4, -0.2) is 54.6 Å². The first-order valence-corrected chi connectivity index (χ1v) is 6.92. The molecule has 1 aliphatic heterocycles. The average molecular weight is 257 g/mol. The minimum Gasteiger partial charge on any atom is -0.393 e. The van der Waals surface area contributed by atoms with Gasteiger partial charge in [0.05, 0.1) is 4.99 Å². The van der Waals surface area contributed by atoms with Crippen LogP contribution in [0.5, 0.6) is 0 Å². The Labute approximate surface area is 111 Å². The molecule has 1 fully saturated rings. The van der Waals surface area contributed by atoms with E-state index in [-0.39, 0.29) is 5.41 Å². The van der Waals surface area contributed by atoms with Gasteiger partial charge in [0.25, 0.3) is 0 Å². The first-order chi connectivity index (χ1) is 7.83. The van der Waals surface area contributed by atoms with Crippen molar-refractivity contribution in [3.05, 3.63) is 0 Å². The molecule has 0 amide bonds. The Morgan fingerprint density at radius 3 is 2.29 bits per heavy atom. The minimum absolute atomic E-state index is 0.00622. The number of rotatable bonds is 5. The second kappa shape index (κ2) is 6.12. The highest BCUT2D eigenvalue weighted by molar-refractivity contribution is 7.80. The van der Waals surface area contributed by atoms with Crippen molar-refractivity contribution in [2.45, 2.75) is 39.2 Å². The maximum atomic E-state index is 5.75. The molecule has 0 saturated carbocycles. The molecule has 1 heterocycles. The Kier molecular flexibility index (Phi) is 5.35. The highest BCUT2D eigenvalue weighted by atomic mass is 32.1. The molecule has 100 valence electrons. The van der Waals surface area contributed by atoms with Crippen LogP contribution in [-0.2, 0) is 0 Å². The van der Waals surface area contributed by atoms with Crippen LogP contribution >= 0.6 is 12.2 Å². The van der Waals surface area contributed by atoms with Crippen LogP contribution in [0.2, 0.25) is 0 Å². The van der Waals surface area contributed by atoms with Crippen LogP contribution in [0.25, 0.3) is 0 Å². The normalized spacial score (nSPS) is 19.8. The zero-order valence-electron chi connectivity index (χ0n) is 11.7. The van der Waals surface area contributed by atoms with E-state index in [0.29, 0.717) is 4.99 Å². The number of piperidine rings is 1. The van der Waals surface area contributed by atoms with Crippen molar-refractivity contribution >= 4 is 17.2 Å². The monoisotopic (exact) mass is 257 g/mol. The summed E-state index contributed by atoms with van der Waals surface area (Å²) in [7, 11) is 4.35. The van der Waals surface area contributed by atoms with E-state index in [4.69, 9.17) is 18.0 Å². The van der Waals surface area contributed by atoms with Gasteiger partial charge in [0.2, 0.25) is 0 Å². The van der Waals surface area contributed by atoms with Gasteiger partial charge in [0.1, 0.15) is 0 Å². The van der Waals surface area contributed by atoms with Gasteiger partial charge in [0, 0.05) is 11.5 Å². The summed E-state index contributed by atoms with van der Waals surface area (Å²) in [6.07, 6.45) is 3.62. The molecule has 4 heteroatoms. The highest BCUT2D eigenvalue weighted by Gasteiger charge is 2.25. The van der Waals surface area contributed by atoms with Crippen LogP contribution in [0.1, 0.15) is 33.1 Å². The third-order valence-corrected chi connectivity index (χ3v) is 4.56. The predicted molar refractivity (Wildman–Crippen MR) is 78.3 cm³/mol. The molecule has 0 radical (unpaired) electrons. The van der Waals surface area contributed by atoms with E-state index in [1.54, 1.807) is 0 Å². The first kappa shape index (κ1) is 14.9. The third kappa shape index (κ3) is 4.53. The van der Waals surface area contributed by atoms with Crippen LogP contribution < -0.4 is 5.73 Å². The topological polar surface area (TPSA) is 32.5 Å². The fourth-order valence-electron chi connectivity index (χ4n) is 2.22. The maximum Gasteiger partial charge on any atom is 0.0784 e. The van der Waals surface area contributed by atoms with Crippen LogP contribution in [0.3, 0.4) is 0 Å². The minimum atomic E-state index is -0.00622. The molecule has 0 aliphatic carbocycles. The number of nitrogens with zero attached hydrogens (tertiary/aromatic N) is 2. The van der Waals surface area contributed by atoms with E-state index < -0.39 is 0 Å². The van der Waals surface area contributed by atoms with Gasteiger partial charge >= 0.3 is 0 Å². The number of thiocarbonyl (C=S) groups is 1. The van der Waals surface area contributed by atoms with Crippen LogP contribution in [0, 0.1) is 5.41 Å². The molecule has 1 saturated heterocycles. The predicted octanol–water partition coefficient (Wildman–Crippen LogP) is 1.71. The summed E-state index contributed by atoms with van der Waals surface area (Å²) in [5.74, 6) is 0. The molecule has 2 N–H and O–H groups in total. The van der Waals surface area contributed by atoms with Crippen molar-refractivity contribution in [3.8, 4) is 0 Å². The van der Waals surface area contributed by atoms with Gasteiger partial charge in [-0.3, -0.25) is 0 Å². The molecular weight excluding hydrogens is 230 g/mol. The van der Waals surface area contributed by atoms with Gasteiger partial charge in [-0.25, -0.2) is 0 Å². The van der Waals surface area contributed by atoms with Gasteiger partial charge in [-0.15, -0.1) is 0 Å². The summed E-state index contributed by atoms with van der Waals surface area (Å²) in [4.78, 5) is 5.52. The van der Waals surface area contributed by atoms with Gasteiger partial charge in [-0.05, 0) is 53.0 Å². The molecule has 0 aromatic rings. The lowest BCUT2D eigenvalue weighted by Crippen LogP contribution is -2.43. The molecule has 17 heavy (non-hydrogen) atoms. The maximum absolute atomic E-state index is 5.75. The first-order valence-electron chi connectivity index (χ1n) is 6.51. The van der Waals surface area contributed by atoms with Gasteiger partial charge in [0.15, 0.2) is 0 Å². The molecule has 0 spiro atoms. The fraction of sp³-hybridized carbons (Fsp3) is 0.923. The lowest BCUT2D eigenvalue weighted by molar-refractivity contribution is 0.137. The van der Waals surface area contributed by atoms with E-state index in [0.717, 1.165) is 19.0 Å². The lowest BCUT2D eigenvalue weighted by Gasteiger charge is -2.36. The third-order valence-electron chi connectivity index (χ3n) is 4.01. The van der Waals surface area contributed by atoms with Gasteiger partial charge in [-0.1, -0.05) is 26.1 Å². The Morgan fingerprint density at radius 2 is 1.88 bits per heavy atom. The summed E-state index contributed by atoms with van der Waals surface area (Å²) in [5, 5.41) is 0. The van der Waals surface area contributed by atoms with E-state index in [1.165, 1.54) is 25.9 Å². The highest BCUT2D eigenvalue weighted by Crippen LogP contribution is 2.22. The van der Waals surface area contributed by atoms with Crippen LogP contribution in [0.4, 0.5) is 0 Å². The van der Waals surface area contributed by atoms with Crippen molar-refractivity contribution in [2.24, 2.45) is 11.1 Å². The summed E-state index contributed by atoms with van der Waals surface area (Å²) < 4.78 is 0. The Balaban J connectivity index is 2.29. The second-order valence-corrected chi connectivity index (χ2v) is 6.47. The summed E-state index contributed by atoms with van der Waals surface area (Å²) in [6.45, 7) is 7.81. The van der Waals surface area contributed by atoms with E-state index in [2.05, 4.69) is 37.7 Å². The largest absolute Gasteiger partial charge is 0.393 e. The molecular formula is C13H27N3S. The van der Waals surface area contributed by atoms with Crippen molar-refractivity contribution in [2.75, 3.05) is 33.7 Å². The van der Waals surface area contributed by atoms with Crippen molar-refractivity contribution < 1.29 is 0 Å². The number of likely N-dealkylation sites (tertiary alicyclic amines) is 1. The van der Waals surface area contributed by atoms with Crippen molar-refractivity contribution in [1.29, 1.82) is 0 Å². The van der Waals surface area contributed by atoms with Gasteiger partial charge in [-0.2, -0.15) is 0 Å². The molecule has 0 unspecified atom stereocenters. The molecule has 1 aliphatic rings. The average Bonchev–Trinajstić information content (AvgIpc) is 2.27. The lowest BCUT2D eigenvalue weighted by atomic mass is 9.89. The molecule has 0 bridgehead atoms. The Hall–Kier alpha value is -0.190. The zero-order chi connectivity index (χ0) is 13.1. The summed E-state index contributed by atoms with van der Waals surface area (Å²) >= 11 is 5.10. The van der Waals surface area contributed by atoms with E-state index in [1.807, 2.05) is 0 Å². The van der Waals surface area contributed by atoms with Crippen molar-refractivity contribution in [1.82, 2.24) is 9.80 Å². The molecule has 0 atom stereocenters. The second-order valence-electron chi connectivity index (χ2n) is 6.03. The van der Waals surface area contributed by atoms with Gasteiger partial charge < -0.3 is 15.5 Å². The molecule has 1 rings (SSSR count). The summed E-state index contributed by atoms with van der Waals surface area (Å²) in [6, 6.07) is 0.759. The number of hydrogen-bond acceptors (Lipinski definition) is 3. The van der Waals surface area contributed by atoms with E-state index >= 15 is 0 Å². The SMILES string of the molecule is CN(C)C1CCN(CCC(C)(C)C(N)=S)CC1. The smallest absolute Gasteiger partial charge is 0.0784 e. The quantitative estimate of drug-likeness (QED) is 0.760. The van der Waals surface area contributed by atoms with Crippen molar-refractivity contribution in [3.63, 3.8) is 0 Å². The zero-order valence-corrected chi connectivity index (χ0v) is 12.5. The Morgan fingerprint density at radius 1 is 1.35 bits per heavy atom. The molecule has 3 nitrogen and oxygen atoms in total. The van der Waals surface area contributed by atoms with E-state index in [9.17, 15) is 0 Å². The summed E-state index contributed by atoms with van der Waals surface area (Å²) in [5.41, 5.74) is 5.75.